The van der Waals surface area contributed by atoms with Crippen molar-refractivity contribution in [3.8, 4) is 11.1 Å². The van der Waals surface area contributed by atoms with Crippen molar-refractivity contribution in [2.75, 3.05) is 5.32 Å². The predicted molar refractivity (Wildman–Crippen MR) is 122 cm³/mol. The van der Waals surface area contributed by atoms with Crippen molar-refractivity contribution in [2.45, 2.75) is 20.3 Å². The van der Waals surface area contributed by atoms with Gasteiger partial charge in [0.15, 0.2) is 11.3 Å². The molecule has 0 aliphatic rings. The van der Waals surface area contributed by atoms with Gasteiger partial charge in [0.25, 0.3) is 5.91 Å². The van der Waals surface area contributed by atoms with E-state index in [1.54, 1.807) is 10.7 Å². The number of nitrogens with one attached hydrogen (secondary N) is 1. The number of rotatable bonds is 4. The zero-order valence-corrected chi connectivity index (χ0v) is 17.3. The Bertz CT molecular complexity index is 1410. The molecule has 0 saturated carbocycles. The Hall–Kier alpha value is -4.06. The third kappa shape index (κ3) is 3.32. The number of carbonyl (C=O) groups excluding carboxylic acids is 1. The molecular weight excluding hydrogens is 386 g/mol. The molecule has 0 aliphatic carbocycles. The summed E-state index contributed by atoms with van der Waals surface area (Å²) in [6.45, 7) is 3.93. The van der Waals surface area contributed by atoms with E-state index in [-0.39, 0.29) is 11.6 Å². The monoisotopic (exact) mass is 407 g/mol. The Morgan fingerprint density at radius 2 is 1.71 bits per heavy atom. The molecular formula is C25H21N5O. The number of hydrogen-bond acceptors (Lipinski definition) is 4. The van der Waals surface area contributed by atoms with E-state index in [0.717, 1.165) is 34.0 Å². The van der Waals surface area contributed by atoms with Gasteiger partial charge >= 0.3 is 0 Å². The molecule has 0 unspecified atom stereocenters. The smallest absolute Gasteiger partial charge is 0.278 e. The number of amides is 1. The average molecular weight is 407 g/mol. The zero-order chi connectivity index (χ0) is 21.4. The van der Waals surface area contributed by atoms with E-state index in [1.165, 1.54) is 5.56 Å². The van der Waals surface area contributed by atoms with Gasteiger partial charge in [0.1, 0.15) is 0 Å². The topological polar surface area (TPSA) is 72.2 Å². The third-order valence-corrected chi connectivity index (χ3v) is 5.56. The van der Waals surface area contributed by atoms with Crippen LogP contribution >= 0.6 is 0 Å². The van der Waals surface area contributed by atoms with Crippen LogP contribution in [0.25, 0.3) is 27.5 Å². The summed E-state index contributed by atoms with van der Waals surface area (Å²) in [4.78, 5) is 12.8. The SMILES string of the molecule is CCc1ccc(NC(=O)c2nnc3c(-c4cccc5ccccc45)cnn3c2C)cc1. The van der Waals surface area contributed by atoms with Crippen molar-refractivity contribution in [3.63, 3.8) is 0 Å². The molecule has 2 heterocycles. The fourth-order valence-electron chi connectivity index (χ4n) is 3.83. The van der Waals surface area contributed by atoms with E-state index in [4.69, 9.17) is 0 Å². The maximum Gasteiger partial charge on any atom is 0.278 e. The van der Waals surface area contributed by atoms with Crippen LogP contribution in [0.15, 0.2) is 72.9 Å². The molecule has 152 valence electrons. The standard InChI is InChI=1S/C25H21N5O/c1-3-17-11-13-19(14-12-17)27-25(31)23-16(2)30-24(29-28-23)22(15-26-30)21-10-6-8-18-7-4-5-9-20(18)21/h4-15H,3H2,1-2H3,(H,27,31). The second-order valence-electron chi connectivity index (χ2n) is 7.46. The van der Waals surface area contributed by atoms with Crippen LogP contribution in [-0.2, 0) is 6.42 Å². The Labute approximate surface area is 179 Å². The van der Waals surface area contributed by atoms with Gasteiger partial charge in [-0.25, -0.2) is 4.52 Å². The van der Waals surface area contributed by atoms with Crippen LogP contribution in [0.5, 0.6) is 0 Å². The molecule has 0 bridgehead atoms. The number of benzene rings is 3. The van der Waals surface area contributed by atoms with E-state index in [9.17, 15) is 4.79 Å². The number of aryl methyl sites for hydroxylation is 2. The molecule has 3 aromatic carbocycles. The number of aromatic nitrogens is 4. The number of nitrogens with zero attached hydrogens (tertiary/aromatic N) is 4. The van der Waals surface area contributed by atoms with Crippen molar-refractivity contribution in [1.29, 1.82) is 0 Å². The van der Waals surface area contributed by atoms with Crippen molar-refractivity contribution < 1.29 is 4.79 Å². The summed E-state index contributed by atoms with van der Waals surface area (Å²) in [6, 6.07) is 22.1. The number of carbonyl (C=O) groups is 1. The molecule has 6 heteroatoms. The van der Waals surface area contributed by atoms with Gasteiger partial charge in [0.05, 0.1) is 11.9 Å². The largest absolute Gasteiger partial charge is 0.321 e. The molecule has 0 fully saturated rings. The van der Waals surface area contributed by atoms with Gasteiger partial charge in [-0.05, 0) is 47.4 Å². The number of fused-ring (bicyclic) bond motifs is 2. The Balaban J connectivity index is 1.53. The molecule has 0 aliphatic heterocycles. The summed E-state index contributed by atoms with van der Waals surface area (Å²) in [6.07, 6.45) is 2.73. The van der Waals surface area contributed by atoms with Gasteiger partial charge in [-0.2, -0.15) is 5.10 Å². The van der Waals surface area contributed by atoms with Crippen LogP contribution < -0.4 is 5.32 Å². The molecule has 5 aromatic rings. The fraction of sp³-hybridized carbons (Fsp3) is 0.120. The lowest BCUT2D eigenvalue weighted by Crippen LogP contribution is -2.18. The van der Waals surface area contributed by atoms with Gasteiger partial charge < -0.3 is 5.32 Å². The molecule has 1 N–H and O–H groups in total. The summed E-state index contributed by atoms with van der Waals surface area (Å²) in [5.41, 5.74) is 5.37. The van der Waals surface area contributed by atoms with Crippen molar-refractivity contribution in [2.24, 2.45) is 0 Å². The molecule has 0 atom stereocenters. The fourth-order valence-corrected chi connectivity index (χ4v) is 3.83. The van der Waals surface area contributed by atoms with E-state index in [1.807, 2.05) is 49.4 Å². The molecule has 0 radical (unpaired) electrons. The van der Waals surface area contributed by atoms with Crippen LogP contribution in [0.2, 0.25) is 0 Å². The van der Waals surface area contributed by atoms with Crippen molar-refractivity contribution in [1.82, 2.24) is 19.8 Å². The molecule has 1 amide bonds. The summed E-state index contributed by atoms with van der Waals surface area (Å²) < 4.78 is 1.68. The number of anilines is 1. The normalized spacial score (nSPS) is 11.2. The predicted octanol–water partition coefficient (Wildman–Crippen LogP) is 5.07. The maximum absolute atomic E-state index is 12.8. The lowest BCUT2D eigenvalue weighted by atomic mass is 10.0. The summed E-state index contributed by atoms with van der Waals surface area (Å²) >= 11 is 0. The highest BCUT2D eigenvalue weighted by Gasteiger charge is 2.19. The average Bonchev–Trinajstić information content (AvgIpc) is 3.24. The molecule has 6 nitrogen and oxygen atoms in total. The molecule has 5 rings (SSSR count). The zero-order valence-electron chi connectivity index (χ0n) is 17.3. The first-order valence-corrected chi connectivity index (χ1v) is 10.2. The minimum absolute atomic E-state index is 0.250. The van der Waals surface area contributed by atoms with Gasteiger partial charge in [-0.1, -0.05) is 61.5 Å². The van der Waals surface area contributed by atoms with Gasteiger partial charge in [0, 0.05) is 11.3 Å². The second-order valence-corrected chi connectivity index (χ2v) is 7.46. The van der Waals surface area contributed by atoms with Crippen molar-refractivity contribution in [3.05, 3.63) is 89.9 Å². The highest BCUT2D eigenvalue weighted by atomic mass is 16.2. The highest BCUT2D eigenvalue weighted by molar-refractivity contribution is 6.04. The van der Waals surface area contributed by atoms with Gasteiger partial charge in [-0.3, -0.25) is 4.79 Å². The van der Waals surface area contributed by atoms with Crippen molar-refractivity contribution >= 4 is 28.0 Å². The Kier molecular flexibility index (Phi) is 4.67. The van der Waals surface area contributed by atoms with Gasteiger partial charge in [-0.15, -0.1) is 10.2 Å². The quantitative estimate of drug-likeness (QED) is 0.452. The van der Waals surface area contributed by atoms with E-state index >= 15 is 0 Å². The minimum Gasteiger partial charge on any atom is -0.321 e. The van der Waals surface area contributed by atoms with Crippen LogP contribution in [0, 0.1) is 6.92 Å². The first-order valence-electron chi connectivity index (χ1n) is 10.2. The Morgan fingerprint density at radius 3 is 2.52 bits per heavy atom. The van der Waals surface area contributed by atoms with Crippen LogP contribution in [0.1, 0.15) is 28.7 Å². The van der Waals surface area contributed by atoms with Crippen LogP contribution in [-0.4, -0.2) is 25.7 Å². The summed E-state index contributed by atoms with van der Waals surface area (Å²) in [5, 5.41) is 18.3. The maximum atomic E-state index is 12.8. The minimum atomic E-state index is -0.307. The van der Waals surface area contributed by atoms with E-state index < -0.39 is 0 Å². The summed E-state index contributed by atoms with van der Waals surface area (Å²) in [5.74, 6) is -0.307. The van der Waals surface area contributed by atoms with Gasteiger partial charge in [0.2, 0.25) is 0 Å². The first-order chi connectivity index (χ1) is 15.2. The third-order valence-electron chi connectivity index (χ3n) is 5.56. The lowest BCUT2D eigenvalue weighted by molar-refractivity contribution is 0.102. The summed E-state index contributed by atoms with van der Waals surface area (Å²) in [7, 11) is 0. The van der Waals surface area contributed by atoms with Crippen LogP contribution in [0.4, 0.5) is 5.69 Å². The van der Waals surface area contributed by atoms with Crippen LogP contribution in [0.3, 0.4) is 0 Å². The molecule has 0 spiro atoms. The Morgan fingerprint density at radius 1 is 0.935 bits per heavy atom. The highest BCUT2D eigenvalue weighted by Crippen LogP contribution is 2.31. The molecule has 0 saturated heterocycles. The first kappa shape index (κ1) is 18.9. The molecule has 2 aromatic heterocycles. The molecule has 31 heavy (non-hydrogen) atoms. The van der Waals surface area contributed by atoms with E-state index in [0.29, 0.717) is 11.3 Å². The number of hydrogen-bond donors (Lipinski definition) is 1. The lowest BCUT2D eigenvalue weighted by Gasteiger charge is -2.09. The van der Waals surface area contributed by atoms with E-state index in [2.05, 4.69) is 51.8 Å². The second kappa shape index (κ2) is 7.65.